The molecule has 0 radical (unpaired) electrons. The molecule has 1 saturated heterocycles. The number of rotatable bonds is 7. The summed E-state index contributed by atoms with van der Waals surface area (Å²) >= 11 is 0. The molecule has 3 rings (SSSR count). The Labute approximate surface area is 170 Å². The lowest BCUT2D eigenvalue weighted by Gasteiger charge is -2.29. The molecule has 29 heavy (non-hydrogen) atoms. The summed E-state index contributed by atoms with van der Waals surface area (Å²) in [4.78, 5) is 22.8. The van der Waals surface area contributed by atoms with Gasteiger partial charge in [0.2, 0.25) is 10.0 Å². The Balaban J connectivity index is 1.69. The topological polar surface area (TPSA) is 119 Å². The van der Waals surface area contributed by atoms with Crippen LogP contribution < -0.4 is 10.1 Å². The Morgan fingerprint density at radius 1 is 1.24 bits per heavy atom. The second-order valence-corrected chi connectivity index (χ2v) is 9.66. The maximum Gasteiger partial charge on any atom is 0.312 e. The average Bonchev–Trinajstić information content (AvgIpc) is 3.23. The highest BCUT2D eigenvalue weighted by Gasteiger charge is 2.30. The van der Waals surface area contributed by atoms with Gasteiger partial charge in [-0.1, -0.05) is 19.8 Å². The third kappa shape index (κ3) is 5.05. The van der Waals surface area contributed by atoms with Crippen LogP contribution in [0.2, 0.25) is 0 Å². The lowest BCUT2D eigenvalue weighted by molar-refractivity contribution is -0.386. The van der Waals surface area contributed by atoms with Crippen LogP contribution in [0, 0.1) is 16.0 Å². The van der Waals surface area contributed by atoms with E-state index in [2.05, 4.69) is 12.2 Å². The average molecular weight is 426 g/mol. The molecular weight excluding hydrogens is 398 g/mol. The van der Waals surface area contributed by atoms with Gasteiger partial charge >= 0.3 is 5.69 Å². The van der Waals surface area contributed by atoms with Crippen molar-refractivity contribution < 1.29 is 22.9 Å². The van der Waals surface area contributed by atoms with Crippen LogP contribution in [-0.2, 0) is 14.8 Å². The zero-order chi connectivity index (χ0) is 21.0. The Kier molecular flexibility index (Phi) is 6.74. The predicted molar refractivity (Wildman–Crippen MR) is 106 cm³/mol. The molecule has 1 aromatic rings. The minimum absolute atomic E-state index is 0.0859. The summed E-state index contributed by atoms with van der Waals surface area (Å²) in [5.74, 6) is -0.0776. The van der Waals surface area contributed by atoms with E-state index in [1.54, 1.807) is 0 Å². The number of nitrogens with one attached hydrogen (secondary N) is 1. The number of hydrogen-bond acceptors (Lipinski definition) is 6. The van der Waals surface area contributed by atoms with Gasteiger partial charge < -0.3 is 10.1 Å². The monoisotopic (exact) mass is 425 g/mol. The molecule has 2 fully saturated rings. The molecule has 1 amide bonds. The molecular formula is C19H27N3O6S. The van der Waals surface area contributed by atoms with E-state index >= 15 is 0 Å². The number of carbonyl (C=O) groups excluding carboxylic acids is 1. The summed E-state index contributed by atoms with van der Waals surface area (Å²) in [5, 5.41) is 14.4. The van der Waals surface area contributed by atoms with Crippen LogP contribution in [0.3, 0.4) is 0 Å². The molecule has 1 heterocycles. The molecule has 0 bridgehead atoms. The van der Waals surface area contributed by atoms with E-state index in [0.29, 0.717) is 19.0 Å². The second kappa shape index (κ2) is 9.08. The summed E-state index contributed by atoms with van der Waals surface area (Å²) in [6.07, 6.45) is 5.74. The number of nitro benzene ring substituents is 1. The van der Waals surface area contributed by atoms with Crippen LogP contribution in [-0.4, -0.2) is 49.3 Å². The fourth-order valence-electron chi connectivity index (χ4n) is 3.92. The Bertz CT molecular complexity index is 867. The number of nitro groups is 1. The van der Waals surface area contributed by atoms with Crippen LogP contribution in [0.25, 0.3) is 0 Å². The van der Waals surface area contributed by atoms with Crippen molar-refractivity contribution in [3.63, 3.8) is 0 Å². The largest absolute Gasteiger partial charge is 0.477 e. The van der Waals surface area contributed by atoms with Gasteiger partial charge in [-0.3, -0.25) is 14.9 Å². The zero-order valence-corrected chi connectivity index (χ0v) is 17.3. The van der Waals surface area contributed by atoms with E-state index < -0.39 is 20.6 Å². The van der Waals surface area contributed by atoms with Crippen molar-refractivity contribution in [3.8, 4) is 5.75 Å². The highest BCUT2D eigenvalue weighted by atomic mass is 32.2. The fraction of sp³-hybridized carbons (Fsp3) is 0.632. The molecule has 1 aliphatic carbocycles. The molecule has 1 N–H and O–H groups in total. The van der Waals surface area contributed by atoms with Crippen molar-refractivity contribution in [1.29, 1.82) is 0 Å². The van der Waals surface area contributed by atoms with Gasteiger partial charge in [-0.15, -0.1) is 0 Å². The molecule has 0 unspecified atom stereocenters. The Morgan fingerprint density at radius 3 is 2.59 bits per heavy atom. The first-order valence-electron chi connectivity index (χ1n) is 10.00. The number of sulfonamides is 1. The molecule has 0 aromatic heterocycles. The highest BCUT2D eigenvalue weighted by molar-refractivity contribution is 7.89. The SMILES string of the molecule is C[C@H]1CCCC[C@H]1NC(=O)COc1ccc(S(=O)(=O)N2CCCC2)cc1[N+](=O)[O-]. The van der Waals surface area contributed by atoms with Gasteiger partial charge in [-0.05, 0) is 43.7 Å². The van der Waals surface area contributed by atoms with Gasteiger partial charge in [-0.25, -0.2) is 8.42 Å². The van der Waals surface area contributed by atoms with Crippen molar-refractivity contribution in [2.24, 2.45) is 5.92 Å². The normalized spacial score (nSPS) is 22.9. The standard InChI is InChI=1S/C19H27N3O6S/c1-14-6-2-3-7-16(14)20-19(23)13-28-18-9-8-15(12-17(18)22(24)25)29(26,27)21-10-4-5-11-21/h8-9,12,14,16H,2-7,10-11,13H2,1H3,(H,20,23)/t14-,16+/m0/s1. The molecule has 1 saturated carbocycles. The third-order valence-corrected chi connectivity index (χ3v) is 7.54. The van der Waals surface area contributed by atoms with Gasteiger partial charge in [0.15, 0.2) is 12.4 Å². The molecule has 0 spiro atoms. The molecule has 10 heteroatoms. The maximum atomic E-state index is 12.6. The molecule has 9 nitrogen and oxygen atoms in total. The van der Waals surface area contributed by atoms with Crippen LogP contribution in [0.1, 0.15) is 45.4 Å². The van der Waals surface area contributed by atoms with Crippen molar-refractivity contribution in [2.75, 3.05) is 19.7 Å². The number of carbonyl (C=O) groups is 1. The number of amides is 1. The van der Waals surface area contributed by atoms with Crippen molar-refractivity contribution in [2.45, 2.75) is 56.4 Å². The number of benzene rings is 1. The van der Waals surface area contributed by atoms with Crippen LogP contribution in [0.15, 0.2) is 23.1 Å². The maximum absolute atomic E-state index is 12.6. The smallest absolute Gasteiger partial charge is 0.312 e. The first kappa shape index (κ1) is 21.5. The first-order valence-corrected chi connectivity index (χ1v) is 11.4. The van der Waals surface area contributed by atoms with E-state index in [1.165, 1.54) is 16.4 Å². The third-order valence-electron chi connectivity index (χ3n) is 5.65. The van der Waals surface area contributed by atoms with Crippen molar-refractivity contribution in [3.05, 3.63) is 28.3 Å². The van der Waals surface area contributed by atoms with Crippen molar-refractivity contribution in [1.82, 2.24) is 9.62 Å². The fourth-order valence-corrected chi connectivity index (χ4v) is 5.46. The summed E-state index contributed by atoms with van der Waals surface area (Å²) in [5.41, 5.74) is -0.468. The van der Waals surface area contributed by atoms with Gasteiger partial charge in [0, 0.05) is 25.2 Å². The first-order chi connectivity index (χ1) is 13.8. The van der Waals surface area contributed by atoms with Gasteiger partial charge in [0.05, 0.1) is 9.82 Å². The molecule has 160 valence electrons. The quantitative estimate of drug-likeness (QED) is 0.529. The molecule has 1 aromatic carbocycles. The molecule has 2 atom stereocenters. The highest BCUT2D eigenvalue weighted by Crippen LogP contribution is 2.32. The van der Waals surface area contributed by atoms with E-state index in [-0.39, 0.29) is 29.2 Å². The van der Waals surface area contributed by atoms with Gasteiger partial charge in [0.25, 0.3) is 5.91 Å². The molecule has 1 aliphatic heterocycles. The van der Waals surface area contributed by atoms with E-state index in [9.17, 15) is 23.3 Å². The summed E-state index contributed by atoms with van der Waals surface area (Å²) in [6.45, 7) is 2.56. The van der Waals surface area contributed by atoms with E-state index in [0.717, 1.165) is 44.6 Å². The number of ether oxygens (including phenoxy) is 1. The number of hydrogen-bond donors (Lipinski definition) is 1. The minimum atomic E-state index is -3.77. The Morgan fingerprint density at radius 2 is 1.93 bits per heavy atom. The van der Waals surface area contributed by atoms with Gasteiger partial charge in [-0.2, -0.15) is 4.31 Å². The van der Waals surface area contributed by atoms with Gasteiger partial charge in [0.1, 0.15) is 0 Å². The summed E-state index contributed by atoms with van der Waals surface area (Å²) in [6, 6.07) is 3.63. The summed E-state index contributed by atoms with van der Waals surface area (Å²) in [7, 11) is -3.77. The lowest BCUT2D eigenvalue weighted by Crippen LogP contribution is -2.43. The van der Waals surface area contributed by atoms with Crippen molar-refractivity contribution >= 4 is 21.6 Å². The zero-order valence-electron chi connectivity index (χ0n) is 16.5. The Hall–Kier alpha value is -2.20. The summed E-state index contributed by atoms with van der Waals surface area (Å²) < 4.78 is 32.0. The minimum Gasteiger partial charge on any atom is -0.477 e. The lowest BCUT2D eigenvalue weighted by atomic mass is 9.86. The van der Waals surface area contributed by atoms with E-state index in [1.807, 2.05) is 0 Å². The molecule has 2 aliphatic rings. The van der Waals surface area contributed by atoms with Crippen LogP contribution >= 0.6 is 0 Å². The van der Waals surface area contributed by atoms with E-state index in [4.69, 9.17) is 4.74 Å². The van der Waals surface area contributed by atoms with Crippen LogP contribution in [0.5, 0.6) is 5.75 Å². The second-order valence-electron chi connectivity index (χ2n) is 7.72. The predicted octanol–water partition coefficient (Wildman–Crippen LogP) is 2.45. The number of nitrogens with zero attached hydrogens (tertiary/aromatic N) is 2. The van der Waals surface area contributed by atoms with Crippen LogP contribution in [0.4, 0.5) is 5.69 Å².